The number of methoxy groups -OCH3 is 1. The maximum absolute atomic E-state index is 13.5. The molecule has 0 fully saturated rings. The molecule has 2 aromatic rings. The van der Waals surface area contributed by atoms with Gasteiger partial charge in [0, 0.05) is 12.6 Å². The largest absolute Gasteiger partial charge is 0.493 e. The molecule has 0 saturated heterocycles. The summed E-state index contributed by atoms with van der Waals surface area (Å²) < 4.78 is 37.0. The van der Waals surface area contributed by atoms with Crippen LogP contribution in [0.15, 0.2) is 30.3 Å². The van der Waals surface area contributed by atoms with Crippen molar-refractivity contribution in [2.24, 2.45) is 5.73 Å². The number of carbonyl (C=O) groups excluding carboxylic acids is 2. The average molecular weight is 413 g/mol. The van der Waals surface area contributed by atoms with E-state index in [2.05, 4.69) is 0 Å². The van der Waals surface area contributed by atoms with Crippen LogP contribution in [0.2, 0.25) is 5.02 Å². The molecule has 2 rings (SSSR count). The summed E-state index contributed by atoms with van der Waals surface area (Å²) in [6, 6.07) is 5.66. The van der Waals surface area contributed by atoms with Crippen molar-refractivity contribution >= 4 is 23.4 Å². The van der Waals surface area contributed by atoms with E-state index in [0.29, 0.717) is 5.56 Å². The van der Waals surface area contributed by atoms with Crippen LogP contribution in [0.4, 0.5) is 8.78 Å². The van der Waals surface area contributed by atoms with Crippen molar-refractivity contribution in [3.8, 4) is 11.5 Å². The van der Waals surface area contributed by atoms with Gasteiger partial charge < -0.3 is 20.1 Å². The highest BCUT2D eigenvalue weighted by molar-refractivity contribution is 6.32. The first-order chi connectivity index (χ1) is 13.1. The summed E-state index contributed by atoms with van der Waals surface area (Å²) in [5, 5.41) is 0.0535. The lowest BCUT2D eigenvalue weighted by atomic mass is 10.1. The predicted molar refractivity (Wildman–Crippen MR) is 99.6 cm³/mol. The fraction of sp³-hybridized carbons (Fsp3) is 0.263. The second kappa shape index (κ2) is 8.88. The van der Waals surface area contributed by atoms with Crippen LogP contribution in [0.25, 0.3) is 0 Å². The molecule has 1 unspecified atom stereocenters. The first-order valence-electron chi connectivity index (χ1n) is 8.16. The Bertz CT molecular complexity index is 908. The summed E-state index contributed by atoms with van der Waals surface area (Å²) in [5.74, 6) is -2.86. The molecule has 0 aliphatic carbocycles. The van der Waals surface area contributed by atoms with E-state index in [-0.39, 0.29) is 22.1 Å². The number of primary amides is 1. The van der Waals surface area contributed by atoms with E-state index in [4.69, 9.17) is 26.8 Å². The molecular formula is C19H19ClF2N2O4. The number of amides is 2. The molecule has 2 N–H and O–H groups in total. The molecule has 0 aliphatic rings. The molecule has 1 atom stereocenters. The number of hydrogen-bond acceptors (Lipinski definition) is 4. The summed E-state index contributed by atoms with van der Waals surface area (Å²) in [7, 11) is 2.87. The molecule has 9 heteroatoms. The lowest BCUT2D eigenvalue weighted by molar-refractivity contribution is -0.119. The zero-order valence-corrected chi connectivity index (χ0v) is 16.2. The first kappa shape index (κ1) is 21.4. The molecule has 150 valence electrons. The molecule has 0 aromatic heterocycles. The first-order valence-corrected chi connectivity index (χ1v) is 8.54. The van der Waals surface area contributed by atoms with Gasteiger partial charge in [0.25, 0.3) is 11.8 Å². The SMILES string of the molecule is COc1cc(C(=O)N(C)C(C)c2ccc(F)c(F)c2)cc(Cl)c1OCC(N)=O. The minimum atomic E-state index is -0.995. The Morgan fingerprint density at radius 1 is 1.21 bits per heavy atom. The topological polar surface area (TPSA) is 81.9 Å². The molecule has 0 aliphatic heterocycles. The van der Waals surface area contributed by atoms with Crippen molar-refractivity contribution in [2.75, 3.05) is 20.8 Å². The van der Waals surface area contributed by atoms with Gasteiger partial charge in [-0.1, -0.05) is 17.7 Å². The summed E-state index contributed by atoms with van der Waals surface area (Å²) in [5.41, 5.74) is 5.66. The van der Waals surface area contributed by atoms with E-state index in [9.17, 15) is 18.4 Å². The van der Waals surface area contributed by atoms with E-state index >= 15 is 0 Å². The lowest BCUT2D eigenvalue weighted by Crippen LogP contribution is -2.29. The second-order valence-electron chi connectivity index (χ2n) is 6.01. The fourth-order valence-corrected chi connectivity index (χ4v) is 2.77. The highest BCUT2D eigenvalue weighted by Gasteiger charge is 2.23. The molecular weight excluding hydrogens is 394 g/mol. The normalized spacial score (nSPS) is 11.6. The fourth-order valence-electron chi connectivity index (χ4n) is 2.50. The number of hydrogen-bond donors (Lipinski definition) is 1. The zero-order valence-electron chi connectivity index (χ0n) is 15.5. The van der Waals surface area contributed by atoms with Crippen molar-refractivity contribution in [3.63, 3.8) is 0 Å². The van der Waals surface area contributed by atoms with Gasteiger partial charge in [0.05, 0.1) is 18.2 Å². The number of halogens is 3. The highest BCUT2D eigenvalue weighted by Crippen LogP contribution is 2.37. The van der Waals surface area contributed by atoms with Crippen LogP contribution >= 0.6 is 11.6 Å². The van der Waals surface area contributed by atoms with Gasteiger partial charge in [-0.15, -0.1) is 0 Å². The Hall–Kier alpha value is -2.87. The van der Waals surface area contributed by atoms with E-state index in [1.165, 1.54) is 37.3 Å². The van der Waals surface area contributed by atoms with Crippen LogP contribution < -0.4 is 15.2 Å². The van der Waals surface area contributed by atoms with Crippen molar-refractivity contribution < 1.29 is 27.8 Å². The summed E-state index contributed by atoms with van der Waals surface area (Å²) >= 11 is 6.16. The Morgan fingerprint density at radius 3 is 2.46 bits per heavy atom. The molecule has 6 nitrogen and oxygen atoms in total. The van der Waals surface area contributed by atoms with Crippen LogP contribution in [-0.4, -0.2) is 37.5 Å². The van der Waals surface area contributed by atoms with Crippen molar-refractivity contribution in [2.45, 2.75) is 13.0 Å². The minimum Gasteiger partial charge on any atom is -0.493 e. The van der Waals surface area contributed by atoms with Gasteiger partial charge in [-0.2, -0.15) is 0 Å². The van der Waals surface area contributed by atoms with Crippen LogP contribution in [-0.2, 0) is 4.79 Å². The Labute approximate surface area is 165 Å². The number of rotatable bonds is 7. The van der Waals surface area contributed by atoms with Gasteiger partial charge in [0.15, 0.2) is 29.7 Å². The Morgan fingerprint density at radius 2 is 1.89 bits per heavy atom. The highest BCUT2D eigenvalue weighted by atomic mass is 35.5. The third-order valence-electron chi connectivity index (χ3n) is 4.16. The van der Waals surface area contributed by atoms with Crippen LogP contribution in [0.3, 0.4) is 0 Å². The number of nitrogens with two attached hydrogens (primary N) is 1. The van der Waals surface area contributed by atoms with Crippen molar-refractivity contribution in [1.29, 1.82) is 0 Å². The Balaban J connectivity index is 2.30. The number of carbonyl (C=O) groups is 2. The monoisotopic (exact) mass is 412 g/mol. The van der Waals surface area contributed by atoms with Gasteiger partial charge >= 0.3 is 0 Å². The van der Waals surface area contributed by atoms with E-state index in [0.717, 1.165) is 12.1 Å². The molecule has 28 heavy (non-hydrogen) atoms. The zero-order chi connectivity index (χ0) is 21.0. The third kappa shape index (κ3) is 4.69. The van der Waals surface area contributed by atoms with E-state index in [1.807, 2.05) is 0 Å². The lowest BCUT2D eigenvalue weighted by Gasteiger charge is -2.26. The molecule has 2 aromatic carbocycles. The second-order valence-corrected chi connectivity index (χ2v) is 6.42. The molecule has 0 saturated carbocycles. The molecule has 2 amide bonds. The quantitative estimate of drug-likeness (QED) is 0.756. The van der Waals surface area contributed by atoms with Crippen LogP contribution in [0.1, 0.15) is 28.9 Å². The summed E-state index contributed by atoms with van der Waals surface area (Å²) in [4.78, 5) is 25.1. The number of nitrogens with zero attached hydrogens (tertiary/aromatic N) is 1. The minimum absolute atomic E-state index is 0.0535. The smallest absolute Gasteiger partial charge is 0.255 e. The van der Waals surface area contributed by atoms with Gasteiger partial charge in [-0.05, 0) is 36.8 Å². The van der Waals surface area contributed by atoms with Gasteiger partial charge in [0.1, 0.15) is 0 Å². The van der Waals surface area contributed by atoms with Crippen molar-refractivity contribution in [3.05, 3.63) is 58.1 Å². The van der Waals surface area contributed by atoms with Gasteiger partial charge in [-0.25, -0.2) is 8.78 Å². The number of benzene rings is 2. The van der Waals surface area contributed by atoms with E-state index in [1.54, 1.807) is 6.92 Å². The van der Waals surface area contributed by atoms with Crippen LogP contribution in [0.5, 0.6) is 11.5 Å². The molecule has 0 spiro atoms. The summed E-state index contributed by atoms with van der Waals surface area (Å²) in [6.45, 7) is 1.27. The third-order valence-corrected chi connectivity index (χ3v) is 4.44. The molecule has 0 bridgehead atoms. The Kier molecular flexibility index (Phi) is 6.80. The maximum atomic E-state index is 13.5. The predicted octanol–water partition coefficient (Wildman–Crippen LogP) is 3.32. The maximum Gasteiger partial charge on any atom is 0.255 e. The van der Waals surface area contributed by atoms with Gasteiger partial charge in [0.2, 0.25) is 0 Å². The average Bonchev–Trinajstić information content (AvgIpc) is 2.66. The number of ether oxygens (including phenoxy) is 2. The standard InChI is InChI=1S/C19H19ClF2N2O4/c1-10(11-4-5-14(21)15(22)7-11)24(2)19(26)12-6-13(20)18(16(8-12)27-3)28-9-17(23)25/h4-8,10H,9H2,1-3H3,(H2,23,25). The van der Waals surface area contributed by atoms with E-state index < -0.39 is 36.1 Å². The summed E-state index contributed by atoms with van der Waals surface area (Å²) in [6.07, 6.45) is 0. The van der Waals surface area contributed by atoms with Gasteiger partial charge in [-0.3, -0.25) is 9.59 Å². The van der Waals surface area contributed by atoms with Crippen LogP contribution in [0, 0.1) is 11.6 Å². The molecule has 0 heterocycles. The molecule has 0 radical (unpaired) electrons. The van der Waals surface area contributed by atoms with Crippen molar-refractivity contribution in [1.82, 2.24) is 4.90 Å².